The van der Waals surface area contributed by atoms with Crippen LogP contribution in [0.4, 0.5) is 11.8 Å². The van der Waals surface area contributed by atoms with Crippen LogP contribution in [-0.2, 0) is 6.42 Å². The van der Waals surface area contributed by atoms with Crippen molar-refractivity contribution in [2.45, 2.75) is 20.3 Å². The predicted molar refractivity (Wildman–Crippen MR) is 102 cm³/mol. The molecule has 2 aromatic rings. The molecular formula is C19H28N6. The smallest absolute Gasteiger partial charge is 0.227 e. The average molecular weight is 340 g/mol. The maximum absolute atomic E-state index is 4.83. The SMILES string of the molecule is CCN1CCN(c2nc(C)cc(N(C)CCc3ccncc3)n2)CC1. The fourth-order valence-electron chi connectivity index (χ4n) is 3.10. The predicted octanol–water partition coefficient (Wildman–Crippen LogP) is 2.00. The number of hydrogen-bond donors (Lipinski definition) is 0. The Morgan fingerprint density at radius 3 is 2.48 bits per heavy atom. The Balaban J connectivity index is 1.66. The van der Waals surface area contributed by atoms with Crippen LogP contribution in [0.15, 0.2) is 30.6 Å². The molecule has 25 heavy (non-hydrogen) atoms. The highest BCUT2D eigenvalue weighted by Crippen LogP contribution is 2.18. The maximum Gasteiger partial charge on any atom is 0.227 e. The summed E-state index contributed by atoms with van der Waals surface area (Å²) in [7, 11) is 2.10. The zero-order chi connectivity index (χ0) is 17.6. The number of anilines is 2. The van der Waals surface area contributed by atoms with E-state index in [9.17, 15) is 0 Å². The van der Waals surface area contributed by atoms with Gasteiger partial charge in [0.15, 0.2) is 0 Å². The molecule has 3 heterocycles. The Bertz CT molecular complexity index is 667. The first-order chi connectivity index (χ1) is 12.2. The van der Waals surface area contributed by atoms with Crippen LogP contribution in [0.1, 0.15) is 18.2 Å². The second-order valence-corrected chi connectivity index (χ2v) is 6.62. The van der Waals surface area contributed by atoms with E-state index in [-0.39, 0.29) is 0 Å². The van der Waals surface area contributed by atoms with Gasteiger partial charge in [-0.3, -0.25) is 4.98 Å². The van der Waals surface area contributed by atoms with E-state index in [0.717, 1.165) is 63.1 Å². The van der Waals surface area contributed by atoms with E-state index < -0.39 is 0 Å². The van der Waals surface area contributed by atoms with Crippen molar-refractivity contribution in [3.63, 3.8) is 0 Å². The van der Waals surface area contributed by atoms with E-state index in [2.05, 4.69) is 56.8 Å². The molecule has 3 rings (SSSR count). The molecule has 0 radical (unpaired) electrons. The highest BCUT2D eigenvalue weighted by atomic mass is 15.3. The number of aromatic nitrogens is 3. The lowest BCUT2D eigenvalue weighted by Gasteiger charge is -2.34. The van der Waals surface area contributed by atoms with Crippen LogP contribution >= 0.6 is 0 Å². The molecule has 2 aromatic heterocycles. The third-order valence-electron chi connectivity index (χ3n) is 4.81. The normalized spacial score (nSPS) is 15.4. The van der Waals surface area contributed by atoms with E-state index in [0.29, 0.717) is 0 Å². The zero-order valence-electron chi connectivity index (χ0n) is 15.5. The van der Waals surface area contributed by atoms with Gasteiger partial charge in [0.05, 0.1) is 0 Å². The van der Waals surface area contributed by atoms with Crippen LogP contribution in [0.25, 0.3) is 0 Å². The van der Waals surface area contributed by atoms with Gasteiger partial charge in [0.25, 0.3) is 0 Å². The molecular weight excluding hydrogens is 312 g/mol. The lowest BCUT2D eigenvalue weighted by atomic mass is 10.2. The molecule has 1 fully saturated rings. The Labute approximate surface area is 150 Å². The summed E-state index contributed by atoms with van der Waals surface area (Å²) in [5.74, 6) is 1.86. The molecule has 0 aromatic carbocycles. The number of nitrogens with zero attached hydrogens (tertiary/aromatic N) is 6. The fraction of sp³-hybridized carbons (Fsp3) is 0.526. The van der Waals surface area contributed by atoms with Crippen molar-refractivity contribution in [3.8, 4) is 0 Å². The number of pyridine rings is 1. The Morgan fingerprint density at radius 2 is 1.80 bits per heavy atom. The van der Waals surface area contributed by atoms with Crippen molar-refractivity contribution in [1.82, 2.24) is 19.9 Å². The second-order valence-electron chi connectivity index (χ2n) is 6.62. The van der Waals surface area contributed by atoms with Crippen LogP contribution < -0.4 is 9.80 Å². The van der Waals surface area contributed by atoms with E-state index in [1.165, 1.54) is 5.56 Å². The third-order valence-corrected chi connectivity index (χ3v) is 4.81. The van der Waals surface area contributed by atoms with Crippen molar-refractivity contribution in [3.05, 3.63) is 41.9 Å². The van der Waals surface area contributed by atoms with Gasteiger partial charge in [0.2, 0.25) is 5.95 Å². The van der Waals surface area contributed by atoms with Gasteiger partial charge in [-0.25, -0.2) is 4.98 Å². The summed E-state index contributed by atoms with van der Waals surface area (Å²) in [6.07, 6.45) is 4.67. The number of rotatable bonds is 6. The van der Waals surface area contributed by atoms with Gasteiger partial charge in [-0.05, 0) is 37.6 Å². The van der Waals surface area contributed by atoms with Crippen molar-refractivity contribution in [2.24, 2.45) is 0 Å². The number of likely N-dealkylation sites (N-methyl/N-ethyl adjacent to an activating group) is 2. The first-order valence-corrected chi connectivity index (χ1v) is 9.08. The van der Waals surface area contributed by atoms with E-state index in [4.69, 9.17) is 4.98 Å². The van der Waals surface area contributed by atoms with Crippen molar-refractivity contribution in [1.29, 1.82) is 0 Å². The lowest BCUT2D eigenvalue weighted by molar-refractivity contribution is 0.270. The van der Waals surface area contributed by atoms with Crippen molar-refractivity contribution in [2.75, 3.05) is 56.1 Å². The summed E-state index contributed by atoms with van der Waals surface area (Å²) in [6, 6.07) is 6.20. The van der Waals surface area contributed by atoms with Crippen molar-refractivity contribution < 1.29 is 0 Å². The van der Waals surface area contributed by atoms with Gasteiger partial charge in [0, 0.05) is 63.9 Å². The molecule has 0 bridgehead atoms. The monoisotopic (exact) mass is 340 g/mol. The summed E-state index contributed by atoms with van der Waals surface area (Å²) in [5, 5.41) is 0. The number of hydrogen-bond acceptors (Lipinski definition) is 6. The highest BCUT2D eigenvalue weighted by molar-refractivity contribution is 5.45. The maximum atomic E-state index is 4.83. The van der Waals surface area contributed by atoms with Crippen LogP contribution in [0.3, 0.4) is 0 Å². The molecule has 0 amide bonds. The zero-order valence-corrected chi connectivity index (χ0v) is 15.5. The molecule has 1 aliphatic rings. The quantitative estimate of drug-likeness (QED) is 0.802. The summed E-state index contributed by atoms with van der Waals surface area (Å²) in [5.41, 5.74) is 2.32. The Kier molecular flexibility index (Phi) is 5.81. The molecule has 0 aliphatic carbocycles. The van der Waals surface area contributed by atoms with Gasteiger partial charge >= 0.3 is 0 Å². The van der Waals surface area contributed by atoms with E-state index in [1.807, 2.05) is 19.3 Å². The van der Waals surface area contributed by atoms with Crippen LogP contribution in [0, 0.1) is 6.92 Å². The molecule has 1 aliphatic heterocycles. The van der Waals surface area contributed by atoms with E-state index in [1.54, 1.807) is 0 Å². The topological polar surface area (TPSA) is 48.4 Å². The minimum absolute atomic E-state index is 0.863. The van der Waals surface area contributed by atoms with Crippen LogP contribution in [0.2, 0.25) is 0 Å². The van der Waals surface area contributed by atoms with Gasteiger partial charge in [0.1, 0.15) is 5.82 Å². The first-order valence-electron chi connectivity index (χ1n) is 9.08. The average Bonchev–Trinajstić information content (AvgIpc) is 2.66. The molecule has 0 N–H and O–H groups in total. The lowest BCUT2D eigenvalue weighted by Crippen LogP contribution is -2.46. The molecule has 6 heteroatoms. The summed E-state index contributed by atoms with van der Waals surface area (Å²) in [6.45, 7) is 10.5. The fourth-order valence-corrected chi connectivity index (χ4v) is 3.10. The van der Waals surface area contributed by atoms with Gasteiger partial charge in [-0.2, -0.15) is 4.98 Å². The molecule has 134 valence electrons. The summed E-state index contributed by atoms with van der Waals surface area (Å²) in [4.78, 5) is 20.6. The van der Waals surface area contributed by atoms with Gasteiger partial charge in [-0.15, -0.1) is 0 Å². The summed E-state index contributed by atoms with van der Waals surface area (Å²) >= 11 is 0. The second kappa shape index (κ2) is 8.25. The molecule has 0 spiro atoms. The first kappa shape index (κ1) is 17.6. The standard InChI is InChI=1S/C19H28N6/c1-4-24-11-13-25(14-12-24)19-21-16(2)15-18(22-19)23(3)10-7-17-5-8-20-9-6-17/h5-6,8-9,15H,4,7,10-14H2,1-3H3. The minimum Gasteiger partial charge on any atom is -0.359 e. The van der Waals surface area contributed by atoms with Gasteiger partial charge in [-0.1, -0.05) is 6.92 Å². The molecule has 0 atom stereocenters. The van der Waals surface area contributed by atoms with E-state index >= 15 is 0 Å². The minimum atomic E-state index is 0.863. The summed E-state index contributed by atoms with van der Waals surface area (Å²) < 4.78 is 0. The molecule has 0 unspecified atom stereocenters. The number of aryl methyl sites for hydroxylation is 1. The molecule has 1 saturated heterocycles. The van der Waals surface area contributed by atoms with Crippen LogP contribution in [0.5, 0.6) is 0 Å². The van der Waals surface area contributed by atoms with Crippen molar-refractivity contribution >= 4 is 11.8 Å². The number of piperazine rings is 1. The Hall–Kier alpha value is -2.21. The molecule has 0 saturated carbocycles. The van der Waals surface area contributed by atoms with Gasteiger partial charge < -0.3 is 14.7 Å². The molecule has 6 nitrogen and oxygen atoms in total. The third kappa shape index (κ3) is 4.66. The largest absolute Gasteiger partial charge is 0.359 e. The Morgan fingerprint density at radius 1 is 1.08 bits per heavy atom. The highest BCUT2D eigenvalue weighted by Gasteiger charge is 2.19. The van der Waals surface area contributed by atoms with Crippen LogP contribution in [-0.4, -0.2) is 66.2 Å².